The number of nitrogens with one attached hydrogen (secondary N) is 1. The quantitative estimate of drug-likeness (QED) is 0.869. The number of rotatable bonds is 3. The Morgan fingerprint density at radius 3 is 2.57 bits per heavy atom. The van der Waals surface area contributed by atoms with Gasteiger partial charge in [0.1, 0.15) is 5.82 Å². The highest BCUT2D eigenvalue weighted by molar-refractivity contribution is 6.34. The van der Waals surface area contributed by atoms with Crippen LogP contribution < -0.4 is 5.32 Å². The van der Waals surface area contributed by atoms with Gasteiger partial charge in [0.05, 0.1) is 0 Å². The first-order valence-electron chi connectivity index (χ1n) is 7.38. The first-order chi connectivity index (χ1) is 10.1. The molecule has 0 unspecified atom stereocenters. The smallest absolute Gasteiger partial charge is 0.311 e. The monoisotopic (exact) mass is 292 g/mol. The van der Waals surface area contributed by atoms with Crippen LogP contribution >= 0.6 is 0 Å². The fourth-order valence-corrected chi connectivity index (χ4v) is 2.69. The van der Waals surface area contributed by atoms with E-state index in [0.717, 1.165) is 25.7 Å². The molecule has 1 saturated carbocycles. The van der Waals surface area contributed by atoms with Gasteiger partial charge in [-0.1, -0.05) is 37.5 Å². The second-order valence-electron chi connectivity index (χ2n) is 5.48. The van der Waals surface area contributed by atoms with Crippen molar-refractivity contribution in [3.05, 3.63) is 35.6 Å². The van der Waals surface area contributed by atoms with E-state index in [1.165, 1.54) is 17.4 Å². The van der Waals surface area contributed by atoms with Crippen molar-refractivity contribution < 1.29 is 14.0 Å². The van der Waals surface area contributed by atoms with Crippen LogP contribution in [0.4, 0.5) is 4.39 Å². The number of hydrogen-bond acceptors (Lipinski definition) is 2. The van der Waals surface area contributed by atoms with E-state index in [1.807, 2.05) is 0 Å². The van der Waals surface area contributed by atoms with Gasteiger partial charge in [-0.25, -0.2) is 4.39 Å². The first-order valence-corrected chi connectivity index (χ1v) is 7.38. The van der Waals surface area contributed by atoms with E-state index in [1.54, 1.807) is 25.2 Å². The Labute approximate surface area is 124 Å². The lowest BCUT2D eigenvalue weighted by atomic mass is 9.94. The number of likely N-dealkylation sites (N-methyl/N-ethyl adjacent to an activating group) is 1. The van der Waals surface area contributed by atoms with Crippen molar-refractivity contribution in [3.8, 4) is 0 Å². The highest BCUT2D eigenvalue weighted by Crippen LogP contribution is 2.21. The van der Waals surface area contributed by atoms with Gasteiger partial charge in [-0.3, -0.25) is 9.59 Å². The van der Waals surface area contributed by atoms with Gasteiger partial charge in [0.25, 0.3) is 0 Å². The third-order valence-corrected chi connectivity index (χ3v) is 4.03. The average molecular weight is 292 g/mol. The molecule has 0 bridgehead atoms. The third-order valence-electron chi connectivity index (χ3n) is 4.03. The second-order valence-corrected chi connectivity index (χ2v) is 5.48. The molecule has 1 fully saturated rings. The molecule has 1 aromatic carbocycles. The largest absolute Gasteiger partial charge is 0.344 e. The molecule has 114 valence electrons. The van der Waals surface area contributed by atoms with Crippen LogP contribution in [0, 0.1) is 5.82 Å². The molecule has 0 aromatic heterocycles. The number of halogens is 1. The van der Waals surface area contributed by atoms with E-state index in [9.17, 15) is 14.0 Å². The maximum Gasteiger partial charge on any atom is 0.311 e. The number of hydrogen-bond donors (Lipinski definition) is 1. The highest BCUT2D eigenvalue weighted by atomic mass is 19.1. The molecule has 2 rings (SSSR count). The zero-order chi connectivity index (χ0) is 15.2. The summed E-state index contributed by atoms with van der Waals surface area (Å²) in [6.45, 7) is 0.0236. The molecule has 1 aromatic rings. The number of carbonyl (C=O) groups excluding carboxylic acids is 2. The van der Waals surface area contributed by atoms with E-state index in [2.05, 4.69) is 5.32 Å². The minimum Gasteiger partial charge on any atom is -0.344 e. The zero-order valence-corrected chi connectivity index (χ0v) is 12.3. The number of nitrogens with zero attached hydrogens (tertiary/aromatic N) is 1. The van der Waals surface area contributed by atoms with Crippen LogP contribution in [0.15, 0.2) is 24.3 Å². The number of benzene rings is 1. The summed E-state index contributed by atoms with van der Waals surface area (Å²) in [5.41, 5.74) is 0.374. The molecule has 0 radical (unpaired) electrons. The van der Waals surface area contributed by atoms with E-state index in [0.29, 0.717) is 5.56 Å². The Morgan fingerprint density at radius 2 is 1.90 bits per heavy atom. The van der Waals surface area contributed by atoms with Crippen molar-refractivity contribution in [2.75, 3.05) is 7.05 Å². The van der Waals surface area contributed by atoms with E-state index in [-0.39, 0.29) is 18.4 Å². The Bertz CT molecular complexity index is 513. The molecule has 0 heterocycles. The molecular formula is C16H21FN2O2. The second kappa shape index (κ2) is 7.20. The molecule has 0 atom stereocenters. The molecule has 1 aliphatic carbocycles. The molecule has 21 heavy (non-hydrogen) atoms. The molecule has 5 heteroatoms. The van der Waals surface area contributed by atoms with Crippen LogP contribution in [0.3, 0.4) is 0 Å². The lowest BCUT2D eigenvalue weighted by Gasteiger charge is -2.30. The zero-order valence-electron chi connectivity index (χ0n) is 12.3. The minimum absolute atomic E-state index is 0.0236. The fourth-order valence-electron chi connectivity index (χ4n) is 2.69. The normalized spacial score (nSPS) is 15.5. The summed E-state index contributed by atoms with van der Waals surface area (Å²) in [6.07, 6.45) is 5.28. The van der Waals surface area contributed by atoms with Gasteiger partial charge in [0, 0.05) is 25.2 Å². The summed E-state index contributed by atoms with van der Waals surface area (Å²) in [4.78, 5) is 25.5. The molecule has 0 spiro atoms. The highest BCUT2D eigenvalue weighted by Gasteiger charge is 2.26. The summed E-state index contributed by atoms with van der Waals surface area (Å²) in [5, 5.41) is 2.49. The van der Waals surface area contributed by atoms with Crippen molar-refractivity contribution >= 4 is 11.8 Å². The van der Waals surface area contributed by atoms with Gasteiger partial charge in [-0.05, 0) is 18.9 Å². The Kier molecular flexibility index (Phi) is 5.31. The molecule has 0 aliphatic heterocycles. The Hall–Kier alpha value is -1.91. The van der Waals surface area contributed by atoms with Crippen LogP contribution in [-0.2, 0) is 16.1 Å². The SMILES string of the molecule is CN(C(=O)C(=O)NCc1ccccc1F)C1CCCCC1. The van der Waals surface area contributed by atoms with Crippen LogP contribution in [0.25, 0.3) is 0 Å². The summed E-state index contributed by atoms with van der Waals surface area (Å²) >= 11 is 0. The van der Waals surface area contributed by atoms with Gasteiger partial charge >= 0.3 is 11.8 Å². The minimum atomic E-state index is -0.675. The maximum absolute atomic E-state index is 13.4. The molecule has 2 amide bonds. The lowest BCUT2D eigenvalue weighted by Crippen LogP contribution is -2.46. The first kappa shape index (κ1) is 15.5. The van der Waals surface area contributed by atoms with E-state index < -0.39 is 11.8 Å². The van der Waals surface area contributed by atoms with E-state index in [4.69, 9.17) is 0 Å². The number of carbonyl (C=O) groups is 2. The van der Waals surface area contributed by atoms with Gasteiger partial charge in [0.2, 0.25) is 0 Å². The lowest BCUT2D eigenvalue weighted by molar-refractivity contribution is -0.146. The standard InChI is InChI=1S/C16H21FN2O2/c1-19(13-8-3-2-4-9-13)16(21)15(20)18-11-12-7-5-6-10-14(12)17/h5-7,10,13H,2-4,8-9,11H2,1H3,(H,18,20). The molecule has 0 saturated heterocycles. The van der Waals surface area contributed by atoms with Crippen LogP contribution in [-0.4, -0.2) is 29.8 Å². The average Bonchev–Trinajstić information content (AvgIpc) is 2.53. The van der Waals surface area contributed by atoms with Crippen molar-refractivity contribution in [2.24, 2.45) is 0 Å². The third kappa shape index (κ3) is 4.03. The van der Waals surface area contributed by atoms with Gasteiger partial charge in [-0.2, -0.15) is 0 Å². The van der Waals surface area contributed by atoms with Crippen molar-refractivity contribution in [1.29, 1.82) is 0 Å². The fraction of sp³-hybridized carbons (Fsp3) is 0.500. The van der Waals surface area contributed by atoms with Crippen molar-refractivity contribution in [1.82, 2.24) is 10.2 Å². The molecule has 1 N–H and O–H groups in total. The summed E-state index contributed by atoms with van der Waals surface area (Å²) < 4.78 is 13.4. The predicted octanol–water partition coefficient (Wildman–Crippen LogP) is 2.23. The van der Waals surface area contributed by atoms with Crippen molar-refractivity contribution in [2.45, 2.75) is 44.7 Å². The van der Waals surface area contributed by atoms with Crippen LogP contribution in [0.5, 0.6) is 0 Å². The van der Waals surface area contributed by atoms with Crippen LogP contribution in [0.2, 0.25) is 0 Å². The van der Waals surface area contributed by atoms with E-state index >= 15 is 0 Å². The summed E-state index contributed by atoms with van der Waals surface area (Å²) in [7, 11) is 1.67. The van der Waals surface area contributed by atoms with Crippen molar-refractivity contribution in [3.63, 3.8) is 0 Å². The summed E-state index contributed by atoms with van der Waals surface area (Å²) in [6, 6.07) is 6.34. The topological polar surface area (TPSA) is 49.4 Å². The molecular weight excluding hydrogens is 271 g/mol. The Morgan fingerprint density at radius 1 is 1.24 bits per heavy atom. The van der Waals surface area contributed by atoms with Gasteiger partial charge in [-0.15, -0.1) is 0 Å². The maximum atomic E-state index is 13.4. The van der Waals surface area contributed by atoms with Crippen LogP contribution in [0.1, 0.15) is 37.7 Å². The predicted molar refractivity (Wildman–Crippen MR) is 77.9 cm³/mol. The number of amides is 2. The van der Waals surface area contributed by atoms with Gasteiger partial charge in [0.15, 0.2) is 0 Å². The molecule has 1 aliphatic rings. The molecule has 4 nitrogen and oxygen atoms in total. The van der Waals surface area contributed by atoms with Gasteiger partial charge < -0.3 is 10.2 Å². The Balaban J connectivity index is 1.87. The summed E-state index contributed by atoms with van der Waals surface area (Å²) in [5.74, 6) is -1.60.